The van der Waals surface area contributed by atoms with Crippen molar-refractivity contribution in [2.75, 3.05) is 26.3 Å². The van der Waals surface area contributed by atoms with Crippen LogP contribution in [0.15, 0.2) is 24.3 Å². The number of carbonyl (C=O) groups is 3. The van der Waals surface area contributed by atoms with Crippen LogP contribution in [0.1, 0.15) is 40.0 Å². The summed E-state index contributed by atoms with van der Waals surface area (Å²) in [6, 6.07) is -1.27. The van der Waals surface area contributed by atoms with Crippen LogP contribution in [-0.2, 0) is 19.1 Å². The summed E-state index contributed by atoms with van der Waals surface area (Å²) in [5.41, 5.74) is 0. The second kappa shape index (κ2) is 8.28. The van der Waals surface area contributed by atoms with E-state index in [4.69, 9.17) is 4.74 Å². The minimum Gasteiger partial charge on any atom is -0.465 e. The number of aliphatic hydroxyl groups excluding tert-OH is 1. The maximum atomic E-state index is 13.8. The van der Waals surface area contributed by atoms with E-state index >= 15 is 0 Å². The van der Waals surface area contributed by atoms with E-state index in [0.29, 0.717) is 26.1 Å². The van der Waals surface area contributed by atoms with Crippen molar-refractivity contribution >= 4 is 29.5 Å². The molecule has 1 N–H and O–H groups in total. The second-order valence-electron chi connectivity index (χ2n) is 9.17. The number of carbonyl (C=O) groups excluding carboxylic acids is 3. The lowest BCUT2D eigenvalue weighted by Gasteiger charge is -2.39. The van der Waals surface area contributed by atoms with E-state index in [9.17, 15) is 19.5 Å². The zero-order chi connectivity index (χ0) is 22.4. The lowest BCUT2D eigenvalue weighted by atomic mass is 9.74. The van der Waals surface area contributed by atoms with Crippen molar-refractivity contribution in [2.24, 2.45) is 11.8 Å². The molecule has 1 unspecified atom stereocenters. The Kier molecular flexibility index (Phi) is 5.98. The topological polar surface area (TPSA) is 87.2 Å². The molecule has 0 bridgehead atoms. The monoisotopic (exact) mass is 448 g/mol. The number of thioether (sulfide) groups is 1. The van der Waals surface area contributed by atoms with Gasteiger partial charge in [-0.2, -0.15) is 0 Å². The highest BCUT2D eigenvalue weighted by molar-refractivity contribution is 8.02. The van der Waals surface area contributed by atoms with E-state index in [1.165, 1.54) is 11.8 Å². The van der Waals surface area contributed by atoms with Crippen LogP contribution in [0, 0.1) is 11.8 Å². The van der Waals surface area contributed by atoms with Gasteiger partial charge in [-0.05, 0) is 26.7 Å². The molecule has 4 aliphatic rings. The molecule has 2 saturated heterocycles. The van der Waals surface area contributed by atoms with Gasteiger partial charge in [0.05, 0.1) is 35.8 Å². The SMILES string of the molecule is CCCCN1CC=C[C@]23S[C@@]4(C)C=CCCOC(=O)[C@H]4[C@H]2C(=O)N([C@H](C)CO)C3C1=O. The lowest BCUT2D eigenvalue weighted by Crippen LogP contribution is -2.56. The highest BCUT2D eigenvalue weighted by Crippen LogP contribution is 2.65. The smallest absolute Gasteiger partial charge is 0.311 e. The summed E-state index contributed by atoms with van der Waals surface area (Å²) in [6.07, 6.45) is 10.5. The molecule has 8 heteroatoms. The van der Waals surface area contributed by atoms with Crippen LogP contribution in [0.5, 0.6) is 0 Å². The van der Waals surface area contributed by atoms with Crippen molar-refractivity contribution in [3.63, 3.8) is 0 Å². The second-order valence-corrected chi connectivity index (χ2v) is 11.0. The average molecular weight is 449 g/mol. The van der Waals surface area contributed by atoms with E-state index < -0.39 is 33.4 Å². The summed E-state index contributed by atoms with van der Waals surface area (Å²) in [4.78, 5) is 44.1. The average Bonchev–Trinajstić information content (AvgIpc) is 3.06. The van der Waals surface area contributed by atoms with E-state index in [-0.39, 0.29) is 24.4 Å². The highest BCUT2D eigenvalue weighted by atomic mass is 32.2. The summed E-state index contributed by atoms with van der Waals surface area (Å²) in [5, 5.41) is 9.90. The number of fused-ring (bicyclic) bond motifs is 2. The number of hydrogen-bond donors (Lipinski definition) is 1. The van der Waals surface area contributed by atoms with E-state index in [0.717, 1.165) is 12.8 Å². The van der Waals surface area contributed by atoms with Gasteiger partial charge < -0.3 is 19.6 Å². The van der Waals surface area contributed by atoms with Gasteiger partial charge in [-0.1, -0.05) is 37.6 Å². The van der Waals surface area contributed by atoms with Crippen LogP contribution < -0.4 is 0 Å². The molecule has 0 saturated carbocycles. The zero-order valence-corrected chi connectivity index (χ0v) is 19.3. The maximum Gasteiger partial charge on any atom is 0.311 e. The van der Waals surface area contributed by atoms with Gasteiger partial charge in [-0.3, -0.25) is 14.4 Å². The van der Waals surface area contributed by atoms with Gasteiger partial charge in [0.25, 0.3) is 0 Å². The molecule has 170 valence electrons. The molecule has 7 nitrogen and oxygen atoms in total. The van der Waals surface area contributed by atoms with E-state index in [1.807, 2.05) is 36.1 Å². The first-order valence-corrected chi connectivity index (χ1v) is 12.1. The quantitative estimate of drug-likeness (QED) is 0.509. The molecule has 4 heterocycles. The van der Waals surface area contributed by atoms with Crippen molar-refractivity contribution in [3.8, 4) is 0 Å². The fourth-order valence-corrected chi connectivity index (χ4v) is 7.73. The van der Waals surface area contributed by atoms with Crippen molar-refractivity contribution in [1.29, 1.82) is 0 Å². The van der Waals surface area contributed by atoms with Crippen molar-refractivity contribution in [2.45, 2.75) is 61.6 Å². The number of amides is 2. The number of likely N-dealkylation sites (tertiary alicyclic amines) is 1. The van der Waals surface area contributed by atoms with E-state index in [1.54, 1.807) is 11.8 Å². The molecule has 4 rings (SSSR count). The molecule has 0 aromatic rings. The molecule has 6 atom stereocenters. The number of nitrogens with zero attached hydrogens (tertiary/aromatic N) is 2. The Balaban J connectivity index is 1.86. The highest BCUT2D eigenvalue weighted by Gasteiger charge is 2.74. The third kappa shape index (κ3) is 3.33. The number of rotatable bonds is 5. The first-order valence-electron chi connectivity index (χ1n) is 11.2. The molecule has 2 amide bonds. The number of cyclic esters (lactones) is 1. The van der Waals surface area contributed by atoms with Gasteiger partial charge in [0.2, 0.25) is 11.8 Å². The Morgan fingerprint density at radius 1 is 1.23 bits per heavy atom. The van der Waals surface area contributed by atoms with Crippen LogP contribution in [0.2, 0.25) is 0 Å². The molecule has 4 aliphatic heterocycles. The molecule has 31 heavy (non-hydrogen) atoms. The normalized spacial score (nSPS) is 38.2. The number of aliphatic hydroxyl groups is 1. The molecule has 0 aromatic carbocycles. The Morgan fingerprint density at radius 2 is 2.00 bits per heavy atom. The van der Waals surface area contributed by atoms with Gasteiger partial charge >= 0.3 is 5.97 Å². The van der Waals surface area contributed by atoms with Crippen LogP contribution in [-0.4, -0.2) is 80.6 Å². The first-order chi connectivity index (χ1) is 14.8. The van der Waals surface area contributed by atoms with Crippen molar-refractivity contribution in [1.82, 2.24) is 9.80 Å². The fourth-order valence-electron chi connectivity index (χ4n) is 5.59. The zero-order valence-electron chi connectivity index (χ0n) is 18.5. The predicted octanol–water partition coefficient (Wildman–Crippen LogP) is 1.76. The van der Waals surface area contributed by atoms with Crippen molar-refractivity contribution < 1.29 is 24.2 Å². The molecular weight excluding hydrogens is 416 g/mol. The largest absolute Gasteiger partial charge is 0.465 e. The number of unbranched alkanes of at least 4 members (excludes halogenated alkanes) is 1. The molecule has 0 aromatic heterocycles. The Labute approximate surface area is 187 Å². The van der Waals surface area contributed by atoms with Crippen LogP contribution in [0.4, 0.5) is 0 Å². The van der Waals surface area contributed by atoms with Gasteiger partial charge in [-0.15, -0.1) is 11.8 Å². The number of ether oxygens (including phenoxy) is 1. The number of hydrogen-bond acceptors (Lipinski definition) is 6. The standard InChI is InChI=1S/C23H32N2O5S/c1-4-5-11-24-12-8-10-23-16(19(27)25(15(2)14-26)18(23)20(24)28)17-21(29)30-13-7-6-9-22(17,3)31-23/h6,8-10,15-18,26H,4-5,7,11-14H2,1-3H3/t15-,16+,17-,18?,22+,23+/m1/s1. The van der Waals surface area contributed by atoms with E-state index in [2.05, 4.69) is 6.92 Å². The summed E-state index contributed by atoms with van der Waals surface area (Å²) in [6.45, 7) is 6.97. The van der Waals surface area contributed by atoms with Gasteiger partial charge in [0, 0.05) is 17.8 Å². The third-order valence-corrected chi connectivity index (χ3v) is 8.86. The van der Waals surface area contributed by atoms with Gasteiger partial charge in [0.15, 0.2) is 0 Å². The van der Waals surface area contributed by atoms with Gasteiger partial charge in [-0.25, -0.2) is 0 Å². The van der Waals surface area contributed by atoms with Crippen molar-refractivity contribution in [3.05, 3.63) is 24.3 Å². The van der Waals surface area contributed by atoms with Gasteiger partial charge in [0.1, 0.15) is 6.04 Å². The molecule has 2 fully saturated rings. The summed E-state index contributed by atoms with van der Waals surface area (Å²) in [7, 11) is 0. The predicted molar refractivity (Wildman–Crippen MR) is 118 cm³/mol. The van der Waals surface area contributed by atoms with Crippen LogP contribution in [0.25, 0.3) is 0 Å². The number of esters is 1. The minimum absolute atomic E-state index is 0.0997. The Hall–Kier alpha value is -1.80. The molecule has 0 aliphatic carbocycles. The third-order valence-electron chi connectivity index (χ3n) is 7.06. The molecular formula is C23H32N2O5S. The Morgan fingerprint density at radius 3 is 2.71 bits per heavy atom. The first kappa shape index (κ1) is 22.4. The summed E-state index contributed by atoms with van der Waals surface area (Å²) >= 11 is 1.54. The van der Waals surface area contributed by atoms with Crippen LogP contribution in [0.3, 0.4) is 0 Å². The minimum atomic E-state index is -0.869. The summed E-state index contributed by atoms with van der Waals surface area (Å²) < 4.78 is 3.99. The summed E-state index contributed by atoms with van der Waals surface area (Å²) in [5.74, 6) is -2.10. The Bertz CT molecular complexity index is 829. The maximum absolute atomic E-state index is 13.8. The lowest BCUT2D eigenvalue weighted by molar-refractivity contribution is -0.154. The fraction of sp³-hybridized carbons (Fsp3) is 0.696. The van der Waals surface area contributed by atoms with Crippen LogP contribution >= 0.6 is 11.8 Å². The molecule has 1 spiro atoms. The molecule has 0 radical (unpaired) electrons.